The van der Waals surface area contributed by atoms with Crippen LogP contribution in [0.15, 0.2) is 104 Å². The highest BCUT2D eigenvalue weighted by atomic mass is 32.2. The van der Waals surface area contributed by atoms with Gasteiger partial charge in [-0.3, -0.25) is 27.8 Å². The summed E-state index contributed by atoms with van der Waals surface area (Å²) in [5, 5.41) is 18.7. The third kappa shape index (κ3) is 10.6. The van der Waals surface area contributed by atoms with Gasteiger partial charge < -0.3 is 15.1 Å². The predicted octanol–water partition coefficient (Wildman–Crippen LogP) is 7.44. The molecular weight excluding hydrogens is 953 g/mol. The smallest absolute Gasteiger partial charge is 0.303 e. The first-order valence-electron chi connectivity index (χ1n) is 21.0. The second-order valence-corrected chi connectivity index (χ2v) is 23.1. The maximum absolute atomic E-state index is 12.6. The van der Waals surface area contributed by atoms with E-state index in [0.717, 1.165) is 12.1 Å². The number of rotatable bonds is 19. The number of carboxylic acid groups (broad SMARTS) is 2. The van der Waals surface area contributed by atoms with Crippen molar-refractivity contribution in [2.75, 3.05) is 18.0 Å². The van der Waals surface area contributed by atoms with E-state index in [9.17, 15) is 71.7 Å². The number of unbranched alkanes of at least 4 members (excludes halogenated alkanes) is 4. The van der Waals surface area contributed by atoms with Crippen LogP contribution in [-0.4, -0.2) is 97.4 Å². The Kier molecular flexibility index (Phi) is 14.2. The average molecular weight is 1000 g/mol. The number of hydrogen-bond donors (Lipinski definition) is 6. The first kappa shape index (κ1) is 51.1. The van der Waals surface area contributed by atoms with Crippen LogP contribution in [0.5, 0.6) is 0 Å². The second kappa shape index (κ2) is 18.6. The summed E-state index contributed by atoms with van der Waals surface area (Å²) in [6.07, 6.45) is 11.8. The fourth-order valence-electron chi connectivity index (χ4n) is 9.29. The van der Waals surface area contributed by atoms with Crippen molar-refractivity contribution in [1.82, 2.24) is 0 Å². The average Bonchev–Trinajstić information content (AvgIpc) is 3.55. The van der Waals surface area contributed by atoms with Gasteiger partial charge in [-0.1, -0.05) is 44.6 Å². The zero-order valence-electron chi connectivity index (χ0n) is 36.9. The normalized spacial score (nSPS) is 16.8. The maximum atomic E-state index is 12.6. The second-order valence-electron chi connectivity index (χ2n) is 17.5. The molecule has 0 atom stereocenters. The summed E-state index contributed by atoms with van der Waals surface area (Å²) >= 11 is 0. The lowest BCUT2D eigenvalue weighted by Gasteiger charge is -2.27. The Labute approximate surface area is 388 Å². The first-order valence-corrected chi connectivity index (χ1v) is 26.8. The summed E-state index contributed by atoms with van der Waals surface area (Å²) < 4.78 is 142. The first-order chi connectivity index (χ1) is 31.0. The Morgan fingerprint density at radius 3 is 1.60 bits per heavy atom. The molecule has 2 aliphatic heterocycles. The van der Waals surface area contributed by atoms with Crippen LogP contribution in [0.2, 0.25) is 0 Å². The predicted molar refractivity (Wildman–Crippen MR) is 249 cm³/mol. The lowest BCUT2D eigenvalue weighted by atomic mass is 9.79. The molecule has 18 nitrogen and oxygen atoms in total. The molecule has 4 aromatic carbocycles. The molecule has 2 aliphatic rings. The van der Waals surface area contributed by atoms with E-state index in [1.807, 2.05) is 49.3 Å². The Balaban J connectivity index is 1.46. The van der Waals surface area contributed by atoms with Crippen LogP contribution in [-0.2, 0) is 60.9 Å². The molecule has 22 heteroatoms. The van der Waals surface area contributed by atoms with Gasteiger partial charge in [0.25, 0.3) is 40.5 Å². The zero-order chi connectivity index (χ0) is 49.7. The van der Waals surface area contributed by atoms with Crippen molar-refractivity contribution in [2.45, 2.75) is 109 Å². The lowest BCUT2D eigenvalue weighted by molar-refractivity contribution is -0.438. The number of carboxylic acids is 2. The van der Waals surface area contributed by atoms with Gasteiger partial charge in [0, 0.05) is 71.1 Å². The molecule has 0 radical (unpaired) electrons. The van der Waals surface area contributed by atoms with Crippen LogP contribution in [0.1, 0.15) is 90.2 Å². The fourth-order valence-corrected chi connectivity index (χ4v) is 12.0. The van der Waals surface area contributed by atoms with E-state index in [0.29, 0.717) is 97.7 Å². The van der Waals surface area contributed by atoms with Gasteiger partial charge in [0.2, 0.25) is 5.69 Å². The highest BCUT2D eigenvalue weighted by Crippen LogP contribution is 2.52. The number of anilines is 1. The number of fused-ring (bicyclic) bond motifs is 6. The fraction of sp³-hybridized carbons (Fsp3) is 0.356. The molecule has 0 unspecified atom stereocenters. The number of carbonyl (C=O) groups is 2. The summed E-state index contributed by atoms with van der Waals surface area (Å²) in [7, 11) is -19.9. The molecule has 2 heterocycles. The number of benzene rings is 4. The van der Waals surface area contributed by atoms with E-state index in [-0.39, 0.29) is 34.4 Å². The molecule has 0 bridgehead atoms. The SMILES string of the molecule is CC1(C)C(/C=C/C=C/C=C2/N(CCCCCC(=O)O)c3ccc4c(S(=O)(=O)O)cc(S(=O)(=O)O)cc4c3C2(C)C)=[N+](CCCCCC(=O)O)c2ccc3c(S(=O)(=O)O)cc(S(=O)(=O)O)cc3c21. The topological polar surface area (TPSA) is 298 Å². The summed E-state index contributed by atoms with van der Waals surface area (Å²) in [6.45, 7) is 8.10. The highest BCUT2D eigenvalue weighted by molar-refractivity contribution is 7.87. The van der Waals surface area contributed by atoms with Gasteiger partial charge in [-0.15, -0.1) is 0 Å². The Morgan fingerprint density at radius 2 is 1.09 bits per heavy atom. The van der Waals surface area contributed by atoms with E-state index in [1.54, 1.807) is 30.4 Å². The Hall–Kier alpha value is -5.33. The van der Waals surface area contributed by atoms with E-state index in [4.69, 9.17) is 0 Å². The van der Waals surface area contributed by atoms with E-state index < -0.39 is 82.8 Å². The third-order valence-electron chi connectivity index (χ3n) is 12.2. The lowest BCUT2D eigenvalue weighted by Crippen LogP contribution is -2.28. The van der Waals surface area contributed by atoms with Crippen molar-refractivity contribution in [1.29, 1.82) is 0 Å². The van der Waals surface area contributed by atoms with Crippen LogP contribution >= 0.6 is 0 Å². The molecule has 0 fully saturated rings. The molecule has 4 aromatic rings. The van der Waals surface area contributed by atoms with E-state index in [1.165, 1.54) is 12.1 Å². The van der Waals surface area contributed by atoms with E-state index in [2.05, 4.69) is 0 Å². The molecular formula is C45H51N2O16S4+. The summed E-state index contributed by atoms with van der Waals surface area (Å²) in [6, 6.07) is 9.85. The minimum atomic E-state index is -4.98. The molecule has 360 valence electrons. The molecule has 6 N–H and O–H groups in total. The van der Waals surface area contributed by atoms with Gasteiger partial charge in [0.05, 0.1) is 15.2 Å². The molecule has 67 heavy (non-hydrogen) atoms. The molecule has 0 aromatic heterocycles. The van der Waals surface area contributed by atoms with Crippen molar-refractivity contribution < 1.29 is 76.3 Å². The van der Waals surface area contributed by atoms with Gasteiger partial charge in [0.15, 0.2) is 5.71 Å². The van der Waals surface area contributed by atoms with E-state index >= 15 is 0 Å². The van der Waals surface area contributed by atoms with Crippen molar-refractivity contribution in [3.05, 3.63) is 95.7 Å². The number of nitrogens with zero attached hydrogens (tertiary/aromatic N) is 2. The van der Waals surface area contributed by atoms with Crippen LogP contribution in [0.25, 0.3) is 21.5 Å². The molecule has 0 amide bonds. The van der Waals surface area contributed by atoms with Crippen LogP contribution < -0.4 is 4.90 Å². The van der Waals surface area contributed by atoms with Crippen molar-refractivity contribution >= 4 is 91.0 Å². The maximum Gasteiger partial charge on any atom is 0.303 e. The van der Waals surface area contributed by atoms with Crippen LogP contribution in [0.3, 0.4) is 0 Å². The van der Waals surface area contributed by atoms with Gasteiger partial charge in [-0.2, -0.15) is 38.2 Å². The number of aliphatic carboxylic acids is 2. The van der Waals surface area contributed by atoms with Gasteiger partial charge >= 0.3 is 11.9 Å². The summed E-state index contributed by atoms with van der Waals surface area (Å²) in [5.41, 5.74) is 1.60. The zero-order valence-corrected chi connectivity index (χ0v) is 40.1. The molecule has 0 saturated carbocycles. The van der Waals surface area contributed by atoms with Gasteiger partial charge in [-0.05, 0) is 98.3 Å². The number of allylic oxidation sites excluding steroid dienone is 6. The molecule has 0 saturated heterocycles. The number of hydrogen-bond acceptors (Lipinski definition) is 11. The molecule has 0 aliphatic carbocycles. The minimum absolute atomic E-state index is 0.0164. The standard InChI is InChI=1S/C45H50N2O16S4/c1-44(2)38(46(22-12-6-10-16-40(48)49)34-20-18-30-32(42(34)44)24-28(64(52,53)54)26-36(30)66(58,59)60)14-8-5-9-15-39-45(3,4)43-33-25-29(65(55,56)57)27-37(67(61,62)63)31(33)19-21-35(43)47(39)23-13-7-11-17-41(50)51/h5,8-9,14-15,18-21,24-27H,6-7,10-13,16-17,22-23H2,1-4H3,(H5-,48,49,50,51,52,53,54,55,56,57,58,59,60,61,62,63)/p+1. The monoisotopic (exact) mass is 1000 g/mol. The van der Waals surface area contributed by atoms with Crippen molar-refractivity contribution in [3.63, 3.8) is 0 Å². The quantitative estimate of drug-likeness (QED) is 0.0230. The largest absolute Gasteiger partial charge is 0.481 e. The van der Waals surface area contributed by atoms with Crippen molar-refractivity contribution in [2.24, 2.45) is 0 Å². The summed E-state index contributed by atoms with van der Waals surface area (Å²) in [4.78, 5) is 21.5. The van der Waals surface area contributed by atoms with Gasteiger partial charge in [0.1, 0.15) is 16.3 Å². The van der Waals surface area contributed by atoms with Crippen LogP contribution in [0, 0.1) is 0 Å². The molecule has 0 spiro atoms. The third-order valence-corrected chi connectivity index (χ3v) is 15.7. The Bertz CT molecular complexity index is 3310. The summed E-state index contributed by atoms with van der Waals surface area (Å²) in [5.74, 6) is -1.87. The highest BCUT2D eigenvalue weighted by Gasteiger charge is 2.46. The molecule has 6 rings (SSSR count). The van der Waals surface area contributed by atoms with Crippen LogP contribution in [0.4, 0.5) is 11.4 Å². The van der Waals surface area contributed by atoms with Gasteiger partial charge in [-0.25, -0.2) is 0 Å². The minimum Gasteiger partial charge on any atom is -0.481 e. The Morgan fingerprint density at radius 1 is 0.582 bits per heavy atom. The van der Waals surface area contributed by atoms with Crippen molar-refractivity contribution in [3.8, 4) is 0 Å².